The largest absolute Gasteiger partial charge is 0.481 e. The van der Waals surface area contributed by atoms with Gasteiger partial charge in [0.2, 0.25) is 5.91 Å². The Hall–Kier alpha value is -4.67. The highest BCUT2D eigenvalue weighted by molar-refractivity contribution is 5.86. The minimum atomic E-state index is -1.05. The molecule has 4 rings (SSSR count). The number of benzene rings is 3. The fourth-order valence-electron chi connectivity index (χ4n) is 4.77. The van der Waals surface area contributed by atoms with Crippen LogP contribution >= 0.6 is 0 Å². The molecule has 2 unspecified atom stereocenters. The molecule has 1 aromatic heterocycles. The minimum Gasteiger partial charge on any atom is -0.481 e. The Kier molecular flexibility index (Phi) is 8.93. The number of rotatable bonds is 11. The van der Waals surface area contributed by atoms with Crippen LogP contribution in [-0.4, -0.2) is 38.3 Å². The van der Waals surface area contributed by atoms with E-state index in [0.717, 1.165) is 27.8 Å². The van der Waals surface area contributed by atoms with Crippen LogP contribution in [-0.2, 0) is 16.1 Å². The number of aliphatic hydroxyl groups excluding tert-OH is 1. The highest BCUT2D eigenvalue weighted by Gasteiger charge is 2.37. The summed E-state index contributed by atoms with van der Waals surface area (Å²) in [5, 5.41) is 29.2. The second-order valence-corrected chi connectivity index (χ2v) is 9.46. The Morgan fingerprint density at radius 1 is 0.897 bits per heavy atom. The van der Waals surface area contributed by atoms with Gasteiger partial charge in [0.15, 0.2) is 0 Å². The molecule has 39 heavy (non-hydrogen) atoms. The highest BCUT2D eigenvalue weighted by atomic mass is 16.4. The van der Waals surface area contributed by atoms with E-state index in [4.69, 9.17) is 5.26 Å². The molecule has 0 saturated carbocycles. The minimum absolute atomic E-state index is 0.177. The third kappa shape index (κ3) is 6.43. The summed E-state index contributed by atoms with van der Waals surface area (Å²) in [6.45, 7) is 1.55. The molecule has 198 valence electrons. The molecule has 0 bridgehead atoms. The normalized spacial score (nSPS) is 12.3. The summed E-state index contributed by atoms with van der Waals surface area (Å²) in [7, 11) is 0. The maximum absolute atomic E-state index is 13.8. The van der Waals surface area contributed by atoms with Crippen LogP contribution in [0, 0.1) is 17.2 Å². The first kappa shape index (κ1) is 27.4. The number of hydrogen-bond acceptors (Lipinski definition) is 4. The van der Waals surface area contributed by atoms with Crippen molar-refractivity contribution in [3.63, 3.8) is 0 Å². The van der Waals surface area contributed by atoms with E-state index in [2.05, 4.69) is 6.07 Å². The monoisotopic (exact) mass is 521 g/mol. The van der Waals surface area contributed by atoms with Crippen LogP contribution < -0.4 is 0 Å². The molecule has 2 atom stereocenters. The average molecular weight is 522 g/mol. The molecule has 7 nitrogen and oxygen atoms in total. The molecule has 1 amide bonds. The van der Waals surface area contributed by atoms with Gasteiger partial charge in [-0.1, -0.05) is 80.1 Å². The second-order valence-electron chi connectivity index (χ2n) is 9.46. The van der Waals surface area contributed by atoms with Crippen LogP contribution in [0.4, 0.5) is 0 Å². The average Bonchev–Trinajstić information content (AvgIpc) is 3.46. The van der Waals surface area contributed by atoms with Crippen molar-refractivity contribution in [2.24, 2.45) is 5.92 Å². The lowest BCUT2D eigenvalue weighted by Gasteiger charge is -2.30. The zero-order valence-electron chi connectivity index (χ0n) is 21.8. The summed E-state index contributed by atoms with van der Waals surface area (Å²) in [6.07, 6.45) is 4.45. The molecule has 0 radical (unpaired) electrons. The number of carbonyl (C=O) groups excluding carboxylic acids is 1. The van der Waals surface area contributed by atoms with Gasteiger partial charge in [0, 0.05) is 18.9 Å². The lowest BCUT2D eigenvalue weighted by Crippen LogP contribution is -2.42. The van der Waals surface area contributed by atoms with Gasteiger partial charge >= 0.3 is 5.97 Å². The Morgan fingerprint density at radius 2 is 1.49 bits per heavy atom. The topological polar surface area (TPSA) is 107 Å². The number of nitrogens with zero attached hydrogens (tertiary/aromatic N) is 3. The number of aliphatic hydroxyl groups is 1. The predicted molar refractivity (Wildman–Crippen MR) is 149 cm³/mol. The summed E-state index contributed by atoms with van der Waals surface area (Å²) in [4.78, 5) is 27.3. The van der Waals surface area contributed by atoms with Crippen LogP contribution in [0.25, 0.3) is 22.3 Å². The van der Waals surface area contributed by atoms with Crippen molar-refractivity contribution in [3.8, 4) is 28.3 Å². The lowest BCUT2D eigenvalue weighted by atomic mass is 9.93. The Balaban J connectivity index is 1.63. The van der Waals surface area contributed by atoms with Gasteiger partial charge in [0.1, 0.15) is 12.8 Å². The molecular weight excluding hydrogens is 490 g/mol. The van der Waals surface area contributed by atoms with Crippen molar-refractivity contribution in [1.82, 2.24) is 9.47 Å². The quantitative estimate of drug-likeness (QED) is 0.246. The van der Waals surface area contributed by atoms with E-state index in [1.165, 1.54) is 4.90 Å². The number of nitriles is 1. The number of carboxylic acids is 1. The van der Waals surface area contributed by atoms with Gasteiger partial charge in [-0.3, -0.25) is 9.59 Å². The van der Waals surface area contributed by atoms with Crippen LogP contribution in [0.2, 0.25) is 0 Å². The molecule has 4 aromatic rings. The zero-order valence-corrected chi connectivity index (χ0v) is 21.8. The highest BCUT2D eigenvalue weighted by Crippen LogP contribution is 2.31. The van der Waals surface area contributed by atoms with Gasteiger partial charge in [0.25, 0.3) is 0 Å². The number of amides is 1. The standard InChI is InChI=1S/C32H31N3O4/c1-2-6-29(32(38)39)30(31(37)35(22-36)20-24-7-4-3-5-8-24)34-18-17-28(21-34)27-15-13-26(14-16-27)25-11-9-23(19-33)10-12-25/h3-5,7-18,21,29-30,36H,2,6,20,22H2,1H3,(H,38,39). The molecule has 1 heterocycles. The Morgan fingerprint density at radius 3 is 2.03 bits per heavy atom. The number of aliphatic carboxylic acids is 1. The van der Waals surface area contributed by atoms with E-state index in [-0.39, 0.29) is 6.54 Å². The van der Waals surface area contributed by atoms with Gasteiger partial charge in [0.05, 0.1) is 17.6 Å². The second kappa shape index (κ2) is 12.7. The fraction of sp³-hybridized carbons (Fsp3) is 0.219. The van der Waals surface area contributed by atoms with E-state index >= 15 is 0 Å². The molecule has 0 fully saturated rings. The van der Waals surface area contributed by atoms with Crippen molar-refractivity contribution in [2.75, 3.05) is 6.73 Å². The summed E-state index contributed by atoms with van der Waals surface area (Å²) in [6, 6.07) is 27.6. The molecule has 0 aliphatic heterocycles. The SMILES string of the molecule is CCCC(C(=O)O)C(C(=O)N(CO)Cc1ccccc1)n1ccc(-c2ccc(-c3ccc(C#N)cc3)cc2)c1. The van der Waals surface area contributed by atoms with Gasteiger partial charge in [-0.25, -0.2) is 0 Å². The maximum atomic E-state index is 13.8. The molecule has 3 aromatic carbocycles. The molecule has 0 spiro atoms. The number of aromatic nitrogens is 1. The maximum Gasteiger partial charge on any atom is 0.309 e. The third-order valence-corrected chi connectivity index (χ3v) is 6.85. The van der Waals surface area contributed by atoms with E-state index in [0.29, 0.717) is 18.4 Å². The van der Waals surface area contributed by atoms with Gasteiger partial charge in [-0.15, -0.1) is 0 Å². The fourth-order valence-corrected chi connectivity index (χ4v) is 4.77. The first-order chi connectivity index (χ1) is 18.9. The van der Waals surface area contributed by atoms with Crippen molar-refractivity contribution >= 4 is 11.9 Å². The van der Waals surface area contributed by atoms with Crippen LogP contribution in [0.1, 0.15) is 36.9 Å². The van der Waals surface area contributed by atoms with Crippen LogP contribution in [0.3, 0.4) is 0 Å². The van der Waals surface area contributed by atoms with E-state index in [9.17, 15) is 19.8 Å². The summed E-state index contributed by atoms with van der Waals surface area (Å²) >= 11 is 0. The number of carbonyl (C=O) groups is 2. The third-order valence-electron chi connectivity index (χ3n) is 6.85. The van der Waals surface area contributed by atoms with Gasteiger partial charge < -0.3 is 19.7 Å². The number of carboxylic acid groups (broad SMARTS) is 1. The van der Waals surface area contributed by atoms with E-state index in [1.807, 2.05) is 79.7 Å². The first-order valence-corrected chi connectivity index (χ1v) is 12.9. The summed E-state index contributed by atoms with van der Waals surface area (Å²) in [5.41, 5.74) is 5.21. The molecule has 0 saturated heterocycles. The summed E-state index contributed by atoms with van der Waals surface area (Å²) < 4.78 is 1.66. The molecule has 0 aliphatic rings. The lowest BCUT2D eigenvalue weighted by molar-refractivity contribution is -0.152. The molecule has 7 heteroatoms. The number of hydrogen-bond donors (Lipinski definition) is 2. The molecular formula is C32H31N3O4. The van der Waals surface area contributed by atoms with Crippen LogP contribution in [0.5, 0.6) is 0 Å². The first-order valence-electron chi connectivity index (χ1n) is 12.9. The summed E-state index contributed by atoms with van der Waals surface area (Å²) in [5.74, 6) is -2.44. The van der Waals surface area contributed by atoms with Gasteiger partial charge in [-0.05, 0) is 52.4 Å². The molecule has 0 aliphatic carbocycles. The predicted octanol–water partition coefficient (Wildman–Crippen LogP) is 5.71. The van der Waals surface area contributed by atoms with Crippen molar-refractivity contribution in [1.29, 1.82) is 5.26 Å². The Bertz CT molecular complexity index is 1440. The molecule has 2 N–H and O–H groups in total. The van der Waals surface area contributed by atoms with Crippen molar-refractivity contribution in [2.45, 2.75) is 32.4 Å². The smallest absolute Gasteiger partial charge is 0.309 e. The van der Waals surface area contributed by atoms with E-state index in [1.54, 1.807) is 29.1 Å². The van der Waals surface area contributed by atoms with Gasteiger partial charge in [-0.2, -0.15) is 5.26 Å². The van der Waals surface area contributed by atoms with E-state index < -0.39 is 30.6 Å². The van der Waals surface area contributed by atoms with Crippen LogP contribution in [0.15, 0.2) is 97.3 Å². The zero-order chi connectivity index (χ0) is 27.8. The van der Waals surface area contributed by atoms with Crippen molar-refractivity contribution in [3.05, 3.63) is 108 Å². The Labute approximate surface area is 228 Å². The van der Waals surface area contributed by atoms with Crippen molar-refractivity contribution < 1.29 is 19.8 Å².